The maximum absolute atomic E-state index is 12.4. The molecule has 0 saturated carbocycles. The number of benzene rings is 3. The van der Waals surface area contributed by atoms with Gasteiger partial charge in [0.25, 0.3) is 5.91 Å². The second-order valence-corrected chi connectivity index (χ2v) is 7.40. The fourth-order valence-electron chi connectivity index (χ4n) is 3.92. The van der Waals surface area contributed by atoms with Crippen LogP contribution in [0.4, 0.5) is 5.69 Å². The topological polar surface area (TPSA) is 50.2 Å². The third-order valence-corrected chi connectivity index (χ3v) is 5.38. The number of aromatic nitrogens is 2. The van der Waals surface area contributed by atoms with Gasteiger partial charge in [0.15, 0.2) is 0 Å². The smallest absolute Gasteiger partial charge is 0.255 e. The largest absolute Gasteiger partial charge is 0.326 e. The van der Waals surface area contributed by atoms with Gasteiger partial charge in [-0.05, 0) is 35.9 Å². The van der Waals surface area contributed by atoms with Crippen LogP contribution in [0, 0.1) is 0 Å². The summed E-state index contributed by atoms with van der Waals surface area (Å²) in [6, 6.07) is 25.8. The normalized spacial score (nSPS) is 13.9. The monoisotopic (exact) mass is 382 g/mol. The molecule has 1 amide bonds. The molecular weight excluding hydrogens is 360 g/mol. The third kappa shape index (κ3) is 3.65. The predicted molar refractivity (Wildman–Crippen MR) is 115 cm³/mol. The van der Waals surface area contributed by atoms with Crippen molar-refractivity contribution in [1.29, 1.82) is 0 Å². The molecule has 0 aliphatic carbocycles. The summed E-state index contributed by atoms with van der Waals surface area (Å²) in [7, 11) is 0. The van der Waals surface area contributed by atoms with Crippen LogP contribution in [0.25, 0.3) is 11.0 Å². The van der Waals surface area contributed by atoms with E-state index >= 15 is 0 Å². The van der Waals surface area contributed by atoms with Gasteiger partial charge >= 0.3 is 0 Å². The first-order chi connectivity index (χ1) is 14.3. The van der Waals surface area contributed by atoms with Crippen molar-refractivity contribution in [3.63, 3.8) is 0 Å². The minimum absolute atomic E-state index is 0.108. The van der Waals surface area contributed by atoms with Gasteiger partial charge in [0.1, 0.15) is 5.82 Å². The highest BCUT2D eigenvalue weighted by molar-refractivity contribution is 6.04. The second-order valence-electron chi connectivity index (χ2n) is 7.40. The molecule has 0 bridgehead atoms. The van der Waals surface area contributed by atoms with Crippen molar-refractivity contribution in [3.05, 3.63) is 95.8 Å². The average Bonchev–Trinajstić information content (AvgIpc) is 3.12. The number of rotatable bonds is 4. The molecule has 4 aromatic rings. The zero-order chi connectivity index (χ0) is 19.6. The Morgan fingerprint density at radius 1 is 0.931 bits per heavy atom. The lowest BCUT2D eigenvalue weighted by atomic mass is 10.2. The van der Waals surface area contributed by atoms with Crippen LogP contribution in [0.2, 0.25) is 0 Å². The third-order valence-electron chi connectivity index (χ3n) is 5.38. The fourth-order valence-corrected chi connectivity index (χ4v) is 3.92. The summed E-state index contributed by atoms with van der Waals surface area (Å²) in [4.78, 5) is 19.7. The van der Waals surface area contributed by atoms with Crippen LogP contribution in [0.1, 0.15) is 21.7 Å². The molecule has 0 unspecified atom stereocenters. The molecule has 2 heterocycles. The molecule has 0 saturated heterocycles. The Balaban J connectivity index is 1.35. The number of carbonyl (C=O) groups is 1. The molecule has 5 nitrogen and oxygen atoms in total. The summed E-state index contributed by atoms with van der Waals surface area (Å²) < 4.78 is 2.29. The van der Waals surface area contributed by atoms with Crippen molar-refractivity contribution in [3.8, 4) is 0 Å². The number of anilines is 1. The molecule has 0 fully saturated rings. The zero-order valence-corrected chi connectivity index (χ0v) is 16.1. The van der Waals surface area contributed by atoms with Gasteiger partial charge in [0, 0.05) is 30.9 Å². The molecule has 144 valence electrons. The highest BCUT2D eigenvalue weighted by atomic mass is 16.1. The maximum Gasteiger partial charge on any atom is 0.255 e. The second kappa shape index (κ2) is 7.53. The average molecular weight is 382 g/mol. The van der Waals surface area contributed by atoms with E-state index in [-0.39, 0.29) is 5.91 Å². The van der Waals surface area contributed by atoms with Gasteiger partial charge in [-0.1, -0.05) is 48.5 Å². The predicted octanol–water partition coefficient (Wildman–Crippen LogP) is 4.30. The Bertz CT molecular complexity index is 1150. The summed E-state index contributed by atoms with van der Waals surface area (Å²) in [6.07, 6.45) is 0. The molecule has 0 radical (unpaired) electrons. The van der Waals surface area contributed by atoms with Gasteiger partial charge in [-0.3, -0.25) is 9.69 Å². The minimum Gasteiger partial charge on any atom is -0.326 e. The van der Waals surface area contributed by atoms with Crippen molar-refractivity contribution in [2.45, 2.75) is 19.6 Å². The van der Waals surface area contributed by atoms with Gasteiger partial charge in [-0.25, -0.2) is 4.98 Å². The lowest BCUT2D eigenvalue weighted by Gasteiger charge is -2.27. The SMILES string of the molecule is O=C(Nc1ccc2c(c1)nc1n2CCN(Cc2ccccc2)C1)c1ccccc1. The van der Waals surface area contributed by atoms with Crippen LogP contribution in [0.3, 0.4) is 0 Å². The number of nitrogens with one attached hydrogen (secondary N) is 1. The van der Waals surface area contributed by atoms with E-state index in [0.29, 0.717) is 5.56 Å². The number of fused-ring (bicyclic) bond motifs is 3. The number of imidazole rings is 1. The van der Waals surface area contributed by atoms with Crippen molar-refractivity contribution in [2.75, 3.05) is 11.9 Å². The van der Waals surface area contributed by atoms with Gasteiger partial charge in [0.2, 0.25) is 0 Å². The first kappa shape index (κ1) is 17.6. The van der Waals surface area contributed by atoms with Gasteiger partial charge in [0.05, 0.1) is 17.6 Å². The van der Waals surface area contributed by atoms with E-state index in [1.165, 1.54) is 5.56 Å². The number of hydrogen-bond acceptors (Lipinski definition) is 3. The molecule has 1 aromatic heterocycles. The number of carbonyl (C=O) groups excluding carboxylic acids is 1. The fraction of sp³-hybridized carbons (Fsp3) is 0.167. The summed E-state index contributed by atoms with van der Waals surface area (Å²) in [5.74, 6) is 0.969. The molecule has 29 heavy (non-hydrogen) atoms. The minimum atomic E-state index is -0.108. The van der Waals surface area contributed by atoms with Crippen LogP contribution in [-0.2, 0) is 19.6 Å². The van der Waals surface area contributed by atoms with Crippen molar-refractivity contribution < 1.29 is 4.79 Å². The van der Waals surface area contributed by atoms with E-state index in [4.69, 9.17) is 4.98 Å². The Labute approximate surface area is 169 Å². The number of hydrogen-bond donors (Lipinski definition) is 1. The Kier molecular flexibility index (Phi) is 4.58. The van der Waals surface area contributed by atoms with Crippen molar-refractivity contribution >= 4 is 22.6 Å². The van der Waals surface area contributed by atoms with E-state index in [0.717, 1.165) is 48.7 Å². The summed E-state index contributed by atoms with van der Waals surface area (Å²) in [6.45, 7) is 3.69. The molecule has 1 aliphatic heterocycles. The number of amides is 1. The Morgan fingerprint density at radius 2 is 1.69 bits per heavy atom. The molecule has 5 rings (SSSR count). The van der Waals surface area contributed by atoms with Gasteiger partial charge in [-0.15, -0.1) is 0 Å². The van der Waals surface area contributed by atoms with Crippen LogP contribution in [0.5, 0.6) is 0 Å². The Morgan fingerprint density at radius 3 is 2.48 bits per heavy atom. The van der Waals surface area contributed by atoms with Crippen LogP contribution in [0.15, 0.2) is 78.9 Å². The summed E-state index contributed by atoms with van der Waals surface area (Å²) >= 11 is 0. The first-order valence-electron chi connectivity index (χ1n) is 9.88. The Hall–Kier alpha value is -3.44. The number of nitrogens with zero attached hydrogens (tertiary/aromatic N) is 3. The van der Waals surface area contributed by atoms with Crippen molar-refractivity contribution in [1.82, 2.24) is 14.5 Å². The molecule has 1 aliphatic rings. The zero-order valence-electron chi connectivity index (χ0n) is 16.1. The van der Waals surface area contributed by atoms with E-state index in [2.05, 4.69) is 45.1 Å². The highest BCUT2D eigenvalue weighted by Gasteiger charge is 2.20. The van der Waals surface area contributed by atoms with E-state index in [1.54, 1.807) is 0 Å². The molecule has 0 atom stereocenters. The maximum atomic E-state index is 12.4. The van der Waals surface area contributed by atoms with E-state index in [9.17, 15) is 4.79 Å². The van der Waals surface area contributed by atoms with E-state index in [1.807, 2.05) is 48.5 Å². The lowest BCUT2D eigenvalue weighted by molar-refractivity contribution is 0.102. The first-order valence-corrected chi connectivity index (χ1v) is 9.88. The lowest BCUT2D eigenvalue weighted by Crippen LogP contribution is -2.33. The molecular formula is C24H22N4O. The molecule has 3 aromatic carbocycles. The highest BCUT2D eigenvalue weighted by Crippen LogP contribution is 2.24. The molecule has 5 heteroatoms. The van der Waals surface area contributed by atoms with Gasteiger partial charge in [-0.2, -0.15) is 0 Å². The van der Waals surface area contributed by atoms with Crippen LogP contribution >= 0.6 is 0 Å². The standard InChI is InChI=1S/C24H22N4O/c29-24(19-9-5-2-6-10-19)25-20-11-12-22-21(15-20)26-23-17-27(13-14-28(22)23)16-18-7-3-1-4-8-18/h1-12,15H,13-14,16-17H2,(H,25,29). The quantitative estimate of drug-likeness (QED) is 0.572. The molecule has 1 N–H and O–H groups in total. The van der Waals surface area contributed by atoms with Crippen molar-refractivity contribution in [2.24, 2.45) is 0 Å². The van der Waals surface area contributed by atoms with Gasteiger partial charge < -0.3 is 9.88 Å². The van der Waals surface area contributed by atoms with Crippen LogP contribution < -0.4 is 5.32 Å². The summed E-state index contributed by atoms with van der Waals surface area (Å²) in [5, 5.41) is 2.97. The molecule has 0 spiro atoms. The van der Waals surface area contributed by atoms with Crippen LogP contribution in [-0.4, -0.2) is 26.9 Å². The van der Waals surface area contributed by atoms with E-state index < -0.39 is 0 Å². The summed E-state index contributed by atoms with van der Waals surface area (Å²) in [5.41, 5.74) is 4.78.